The fraction of sp³-hybridized carbons (Fsp3) is 0.448. The molecule has 1 aliphatic heterocycles. The molecule has 1 amide bonds. The highest BCUT2D eigenvalue weighted by Crippen LogP contribution is 2.38. The molecule has 210 valence electrons. The molecule has 2 heterocycles. The fourth-order valence-electron chi connectivity index (χ4n) is 5.64. The maximum absolute atomic E-state index is 13.5. The SMILES string of the molecule is COc1ccc2ncc(CN)c(CCCC3(C(=O)NO)CCN(CCCc4cc(F)c(F)c(F)c4)CC3)c2c1. The van der Waals surface area contributed by atoms with E-state index in [9.17, 15) is 23.2 Å². The van der Waals surface area contributed by atoms with E-state index in [1.807, 2.05) is 23.7 Å². The lowest BCUT2D eigenvalue weighted by Gasteiger charge is -2.40. The van der Waals surface area contributed by atoms with E-state index in [2.05, 4.69) is 9.88 Å². The van der Waals surface area contributed by atoms with Crippen LogP contribution in [-0.2, 0) is 24.2 Å². The number of rotatable bonds is 11. The number of nitrogens with zero attached hydrogens (tertiary/aromatic N) is 2. The quantitative estimate of drug-likeness (QED) is 0.184. The molecule has 1 aromatic heterocycles. The Balaban J connectivity index is 1.37. The van der Waals surface area contributed by atoms with Gasteiger partial charge in [-0.3, -0.25) is 15.0 Å². The number of hydrogen-bond donors (Lipinski definition) is 3. The van der Waals surface area contributed by atoms with E-state index in [1.165, 1.54) is 0 Å². The fourth-order valence-corrected chi connectivity index (χ4v) is 5.64. The van der Waals surface area contributed by atoms with Crippen molar-refractivity contribution in [3.8, 4) is 5.75 Å². The maximum atomic E-state index is 13.5. The standard InChI is InChI=1S/C29H35F3N4O3/c1-39-21-6-7-26-23(16-21)22(20(17-33)18-34-26)5-2-8-29(28(37)35-38)9-12-36(13-10-29)11-3-4-19-14-24(30)27(32)25(31)15-19/h6-7,14-16,18,38H,2-5,8-13,17,33H2,1H3,(H,35,37). The number of aryl methyl sites for hydroxylation is 2. The van der Waals surface area contributed by atoms with Gasteiger partial charge < -0.3 is 15.4 Å². The van der Waals surface area contributed by atoms with Crippen molar-refractivity contribution in [2.24, 2.45) is 11.1 Å². The lowest BCUT2D eigenvalue weighted by molar-refractivity contribution is -0.143. The molecule has 39 heavy (non-hydrogen) atoms. The van der Waals surface area contributed by atoms with E-state index in [1.54, 1.807) is 13.3 Å². The lowest BCUT2D eigenvalue weighted by Crippen LogP contribution is -2.48. The van der Waals surface area contributed by atoms with Gasteiger partial charge in [-0.1, -0.05) is 0 Å². The van der Waals surface area contributed by atoms with E-state index in [-0.39, 0.29) is 5.91 Å². The Labute approximate surface area is 226 Å². The number of amides is 1. The Kier molecular flexibility index (Phi) is 9.42. The second kappa shape index (κ2) is 12.8. The van der Waals surface area contributed by atoms with Crippen molar-refractivity contribution in [1.29, 1.82) is 0 Å². The van der Waals surface area contributed by atoms with Crippen molar-refractivity contribution < 1.29 is 27.9 Å². The summed E-state index contributed by atoms with van der Waals surface area (Å²) >= 11 is 0. The number of benzene rings is 2. The molecule has 2 aromatic carbocycles. The molecule has 1 aliphatic rings. The number of likely N-dealkylation sites (tertiary alicyclic amines) is 1. The van der Waals surface area contributed by atoms with E-state index in [4.69, 9.17) is 10.5 Å². The Morgan fingerprint density at radius 1 is 1.13 bits per heavy atom. The van der Waals surface area contributed by atoms with Crippen molar-refractivity contribution in [2.45, 2.75) is 51.5 Å². The normalized spacial score (nSPS) is 15.4. The van der Waals surface area contributed by atoms with E-state index < -0.39 is 22.9 Å². The van der Waals surface area contributed by atoms with Gasteiger partial charge in [-0.2, -0.15) is 0 Å². The number of halogens is 3. The first-order valence-corrected chi connectivity index (χ1v) is 13.2. The average Bonchev–Trinajstić information content (AvgIpc) is 2.96. The molecule has 0 radical (unpaired) electrons. The van der Waals surface area contributed by atoms with E-state index in [0.29, 0.717) is 70.3 Å². The minimum absolute atomic E-state index is 0.351. The van der Waals surface area contributed by atoms with Crippen molar-refractivity contribution in [1.82, 2.24) is 15.4 Å². The Morgan fingerprint density at radius 2 is 1.85 bits per heavy atom. The first-order chi connectivity index (χ1) is 18.8. The summed E-state index contributed by atoms with van der Waals surface area (Å²) in [5.74, 6) is -3.46. The van der Waals surface area contributed by atoms with Crippen LogP contribution in [0.4, 0.5) is 13.2 Å². The summed E-state index contributed by atoms with van der Waals surface area (Å²) in [6, 6.07) is 7.80. The monoisotopic (exact) mass is 544 g/mol. The van der Waals surface area contributed by atoms with Crippen LogP contribution in [0.1, 0.15) is 48.8 Å². The molecule has 0 bridgehead atoms. The number of hydrogen-bond acceptors (Lipinski definition) is 6. The molecular weight excluding hydrogens is 509 g/mol. The van der Waals surface area contributed by atoms with Gasteiger partial charge in [0, 0.05) is 18.1 Å². The van der Waals surface area contributed by atoms with Crippen LogP contribution < -0.4 is 16.0 Å². The van der Waals surface area contributed by atoms with Crippen LogP contribution >= 0.6 is 0 Å². The largest absolute Gasteiger partial charge is 0.497 e. The van der Waals surface area contributed by atoms with Crippen LogP contribution in [0, 0.1) is 22.9 Å². The van der Waals surface area contributed by atoms with Crippen molar-refractivity contribution >= 4 is 16.8 Å². The molecule has 4 N–H and O–H groups in total. The van der Waals surface area contributed by atoms with Gasteiger partial charge in [0.05, 0.1) is 18.0 Å². The second-order valence-corrected chi connectivity index (χ2v) is 10.2. The molecule has 7 nitrogen and oxygen atoms in total. The molecule has 0 unspecified atom stereocenters. The van der Waals surface area contributed by atoms with Gasteiger partial charge in [0.2, 0.25) is 5.91 Å². The predicted molar refractivity (Wildman–Crippen MR) is 142 cm³/mol. The molecule has 10 heteroatoms. The zero-order valence-corrected chi connectivity index (χ0v) is 22.1. The number of nitrogens with one attached hydrogen (secondary N) is 1. The van der Waals surface area contributed by atoms with Crippen LogP contribution in [0.5, 0.6) is 5.75 Å². The number of hydroxylamine groups is 1. The van der Waals surface area contributed by atoms with Gasteiger partial charge in [-0.15, -0.1) is 0 Å². The molecule has 0 aliphatic carbocycles. The summed E-state index contributed by atoms with van der Waals surface area (Å²) in [5, 5.41) is 10.5. The van der Waals surface area contributed by atoms with Gasteiger partial charge in [0.1, 0.15) is 5.75 Å². The minimum atomic E-state index is -1.45. The van der Waals surface area contributed by atoms with Crippen molar-refractivity contribution in [3.05, 3.63) is 70.7 Å². The lowest BCUT2D eigenvalue weighted by atomic mass is 9.73. The number of fused-ring (bicyclic) bond motifs is 1. The Hall–Kier alpha value is -3.21. The second-order valence-electron chi connectivity index (χ2n) is 10.2. The summed E-state index contributed by atoms with van der Waals surface area (Å²) in [6.45, 7) is 2.35. The molecule has 1 saturated heterocycles. The zero-order valence-electron chi connectivity index (χ0n) is 22.1. The summed E-state index contributed by atoms with van der Waals surface area (Å²) in [6.07, 6.45) is 6.03. The third-order valence-corrected chi connectivity index (χ3v) is 7.96. The number of pyridine rings is 1. The van der Waals surface area contributed by atoms with Gasteiger partial charge in [-0.05, 0) is 112 Å². The highest BCUT2D eigenvalue weighted by Gasteiger charge is 2.40. The van der Waals surface area contributed by atoms with Gasteiger partial charge in [0.25, 0.3) is 0 Å². The number of carbonyl (C=O) groups is 1. The van der Waals surface area contributed by atoms with E-state index in [0.717, 1.165) is 46.3 Å². The smallest absolute Gasteiger partial charge is 0.249 e. The van der Waals surface area contributed by atoms with Gasteiger partial charge in [-0.25, -0.2) is 18.7 Å². The van der Waals surface area contributed by atoms with Crippen LogP contribution in [0.3, 0.4) is 0 Å². The van der Waals surface area contributed by atoms with Gasteiger partial charge in [0.15, 0.2) is 17.5 Å². The summed E-state index contributed by atoms with van der Waals surface area (Å²) in [4.78, 5) is 19.5. The van der Waals surface area contributed by atoms with Crippen LogP contribution in [0.25, 0.3) is 10.9 Å². The van der Waals surface area contributed by atoms with Crippen LogP contribution in [0.2, 0.25) is 0 Å². The number of ether oxygens (including phenoxy) is 1. The number of nitrogens with two attached hydrogens (primary N) is 1. The Morgan fingerprint density at radius 3 is 2.49 bits per heavy atom. The topological polar surface area (TPSA) is 101 Å². The minimum Gasteiger partial charge on any atom is -0.497 e. The number of piperidine rings is 1. The third kappa shape index (κ3) is 6.51. The molecule has 1 fully saturated rings. The first kappa shape index (κ1) is 28.8. The molecule has 0 saturated carbocycles. The number of aromatic nitrogens is 1. The maximum Gasteiger partial charge on any atom is 0.249 e. The first-order valence-electron chi connectivity index (χ1n) is 13.2. The summed E-state index contributed by atoms with van der Waals surface area (Å²) in [7, 11) is 1.62. The zero-order chi connectivity index (χ0) is 28.0. The van der Waals surface area contributed by atoms with E-state index >= 15 is 0 Å². The predicted octanol–water partition coefficient (Wildman–Crippen LogP) is 4.66. The third-order valence-electron chi connectivity index (χ3n) is 7.96. The Bertz CT molecular complexity index is 1280. The molecular formula is C29H35F3N4O3. The highest BCUT2D eigenvalue weighted by atomic mass is 19.2. The molecule has 0 atom stereocenters. The molecule has 4 rings (SSSR count). The van der Waals surface area contributed by atoms with Crippen LogP contribution in [0.15, 0.2) is 36.5 Å². The number of carbonyl (C=O) groups excluding carboxylic acids is 1. The van der Waals surface area contributed by atoms with Crippen molar-refractivity contribution in [3.63, 3.8) is 0 Å². The average molecular weight is 545 g/mol. The van der Waals surface area contributed by atoms with Crippen molar-refractivity contribution in [2.75, 3.05) is 26.7 Å². The molecule has 3 aromatic rings. The summed E-state index contributed by atoms with van der Waals surface area (Å²) in [5.41, 5.74) is 10.5. The molecule has 0 spiro atoms. The summed E-state index contributed by atoms with van der Waals surface area (Å²) < 4.78 is 45.6. The highest BCUT2D eigenvalue weighted by molar-refractivity contribution is 5.84. The van der Waals surface area contributed by atoms with Crippen LogP contribution in [-0.4, -0.2) is 47.7 Å². The number of methoxy groups -OCH3 is 1. The van der Waals surface area contributed by atoms with Gasteiger partial charge >= 0.3 is 0 Å².